The molecule has 0 radical (unpaired) electrons. The van der Waals surface area contributed by atoms with Gasteiger partial charge in [0.25, 0.3) is 5.91 Å². The van der Waals surface area contributed by atoms with Crippen LogP contribution in [0.5, 0.6) is 0 Å². The van der Waals surface area contributed by atoms with Crippen molar-refractivity contribution < 1.29 is 14.7 Å². The number of nitrogens with zero attached hydrogens (tertiary/aromatic N) is 1. The number of rotatable bonds is 4. The normalized spacial score (nSPS) is 10.8. The minimum atomic E-state index is -1.06. The summed E-state index contributed by atoms with van der Waals surface area (Å²) in [4.78, 5) is 26.5. The maximum absolute atomic E-state index is 12.0. The van der Waals surface area contributed by atoms with Gasteiger partial charge in [-0.3, -0.25) is 4.79 Å². The van der Waals surface area contributed by atoms with Gasteiger partial charge in [-0.25, -0.2) is 9.78 Å². The zero-order chi connectivity index (χ0) is 15.4. The Balaban J connectivity index is 2.16. The fraction of sp³-hybridized carbons (Fsp3) is 0. The number of hydrogen-bond acceptors (Lipinski definition) is 4. The van der Waals surface area contributed by atoms with E-state index in [1.54, 1.807) is 12.1 Å². The van der Waals surface area contributed by atoms with Crippen molar-refractivity contribution in [3.05, 3.63) is 50.3 Å². The van der Waals surface area contributed by atoms with Gasteiger partial charge in [-0.1, -0.05) is 23.2 Å². The number of aromatic nitrogens is 1. The molecule has 2 aromatic heterocycles. The van der Waals surface area contributed by atoms with E-state index < -0.39 is 11.9 Å². The van der Waals surface area contributed by atoms with Gasteiger partial charge in [0.15, 0.2) is 0 Å². The summed E-state index contributed by atoms with van der Waals surface area (Å²) in [6, 6.07) is 4.63. The van der Waals surface area contributed by atoms with Gasteiger partial charge >= 0.3 is 5.97 Å². The first-order valence-corrected chi connectivity index (χ1v) is 7.16. The summed E-state index contributed by atoms with van der Waals surface area (Å²) in [5.74, 6) is -1.21. The monoisotopic (exact) mass is 342 g/mol. The van der Waals surface area contributed by atoms with Gasteiger partial charge in [0, 0.05) is 12.3 Å². The molecule has 2 aromatic rings. The second kappa shape index (κ2) is 6.71. The Bertz CT molecular complexity index is 728. The van der Waals surface area contributed by atoms with Gasteiger partial charge in [0.2, 0.25) is 0 Å². The average molecular weight is 343 g/mol. The van der Waals surface area contributed by atoms with Gasteiger partial charge < -0.3 is 10.4 Å². The highest BCUT2D eigenvalue weighted by Crippen LogP contribution is 2.31. The van der Waals surface area contributed by atoms with Crippen LogP contribution in [0.4, 0.5) is 5.82 Å². The summed E-state index contributed by atoms with van der Waals surface area (Å²) in [6.07, 6.45) is 3.85. The van der Waals surface area contributed by atoms with E-state index in [1.807, 2.05) is 0 Å². The molecule has 0 spiro atoms. The van der Waals surface area contributed by atoms with E-state index in [4.69, 9.17) is 28.3 Å². The number of aliphatic carboxylic acids is 1. The minimum Gasteiger partial charge on any atom is -0.478 e. The summed E-state index contributed by atoms with van der Waals surface area (Å²) in [6.45, 7) is 0. The van der Waals surface area contributed by atoms with Crippen LogP contribution < -0.4 is 5.32 Å². The van der Waals surface area contributed by atoms with Crippen LogP contribution in [0.25, 0.3) is 6.08 Å². The SMILES string of the molecule is O=C(O)/C=C/c1ccnc(NC(=O)c2cc(Cl)sc2Cl)c1. The largest absolute Gasteiger partial charge is 0.478 e. The molecule has 1 amide bonds. The summed E-state index contributed by atoms with van der Waals surface area (Å²) in [5.41, 5.74) is 0.858. The van der Waals surface area contributed by atoms with Crippen LogP contribution in [0, 0.1) is 0 Å². The molecule has 8 heteroatoms. The Labute approximate surface area is 133 Å². The summed E-state index contributed by atoms with van der Waals surface area (Å²) >= 11 is 12.8. The number of hydrogen-bond donors (Lipinski definition) is 2. The fourth-order valence-electron chi connectivity index (χ4n) is 1.47. The molecule has 21 heavy (non-hydrogen) atoms. The van der Waals surface area contributed by atoms with E-state index in [9.17, 15) is 9.59 Å². The van der Waals surface area contributed by atoms with Gasteiger partial charge in [0.1, 0.15) is 10.2 Å². The first-order chi connectivity index (χ1) is 9.95. The molecule has 0 fully saturated rings. The van der Waals surface area contributed by atoms with Gasteiger partial charge in [-0.2, -0.15) is 0 Å². The highest BCUT2D eigenvalue weighted by atomic mass is 35.5. The molecular weight excluding hydrogens is 335 g/mol. The molecule has 5 nitrogen and oxygen atoms in total. The number of amides is 1. The van der Waals surface area contributed by atoms with Crippen molar-refractivity contribution in [1.29, 1.82) is 0 Å². The Morgan fingerprint density at radius 1 is 1.33 bits per heavy atom. The number of nitrogens with one attached hydrogen (secondary N) is 1. The van der Waals surface area contributed by atoms with Crippen molar-refractivity contribution in [2.75, 3.05) is 5.32 Å². The van der Waals surface area contributed by atoms with Crippen molar-refractivity contribution >= 4 is 58.3 Å². The van der Waals surface area contributed by atoms with E-state index in [0.29, 0.717) is 14.2 Å². The molecule has 0 aliphatic carbocycles. The predicted octanol–water partition coefficient (Wildman–Crippen LogP) is 3.80. The van der Waals surface area contributed by atoms with E-state index >= 15 is 0 Å². The lowest BCUT2D eigenvalue weighted by Gasteiger charge is -2.04. The molecule has 0 atom stereocenters. The number of carbonyl (C=O) groups is 2. The van der Waals surface area contributed by atoms with Crippen molar-refractivity contribution in [2.45, 2.75) is 0 Å². The van der Waals surface area contributed by atoms with Crippen LogP contribution in [0.3, 0.4) is 0 Å². The molecule has 0 saturated carbocycles. The van der Waals surface area contributed by atoms with Gasteiger partial charge in [-0.15, -0.1) is 11.3 Å². The number of carboxylic acids is 1. The summed E-state index contributed by atoms with van der Waals surface area (Å²) < 4.78 is 0.704. The Kier molecular flexibility index (Phi) is 4.95. The van der Waals surface area contributed by atoms with Crippen molar-refractivity contribution in [2.24, 2.45) is 0 Å². The minimum absolute atomic E-state index is 0.264. The van der Waals surface area contributed by atoms with Crippen LogP contribution in [-0.4, -0.2) is 22.0 Å². The van der Waals surface area contributed by atoms with E-state index in [0.717, 1.165) is 17.4 Å². The van der Waals surface area contributed by atoms with Gasteiger partial charge in [0.05, 0.1) is 9.90 Å². The zero-order valence-corrected chi connectivity index (χ0v) is 12.7. The average Bonchev–Trinajstić information content (AvgIpc) is 2.76. The highest BCUT2D eigenvalue weighted by Gasteiger charge is 2.14. The number of thiophene rings is 1. The van der Waals surface area contributed by atoms with E-state index in [-0.39, 0.29) is 11.4 Å². The van der Waals surface area contributed by atoms with Crippen molar-refractivity contribution in [3.8, 4) is 0 Å². The lowest BCUT2D eigenvalue weighted by molar-refractivity contribution is -0.131. The van der Waals surface area contributed by atoms with Crippen LogP contribution in [-0.2, 0) is 4.79 Å². The lowest BCUT2D eigenvalue weighted by Crippen LogP contribution is -2.12. The van der Waals surface area contributed by atoms with Crippen LogP contribution in [0.15, 0.2) is 30.5 Å². The molecule has 2 rings (SSSR count). The Morgan fingerprint density at radius 2 is 2.10 bits per heavy atom. The maximum atomic E-state index is 12.0. The van der Waals surface area contributed by atoms with E-state index in [2.05, 4.69) is 10.3 Å². The second-order valence-electron chi connectivity index (χ2n) is 3.84. The first-order valence-electron chi connectivity index (χ1n) is 5.59. The second-order valence-corrected chi connectivity index (χ2v) is 6.12. The predicted molar refractivity (Wildman–Crippen MR) is 83.2 cm³/mol. The Hall–Kier alpha value is -1.89. The maximum Gasteiger partial charge on any atom is 0.328 e. The topological polar surface area (TPSA) is 79.3 Å². The molecule has 0 bridgehead atoms. The molecule has 108 valence electrons. The zero-order valence-electron chi connectivity index (χ0n) is 10.3. The molecule has 0 aliphatic rings. The fourth-order valence-corrected chi connectivity index (χ4v) is 2.92. The number of carbonyl (C=O) groups excluding carboxylic acids is 1. The molecular formula is C13H8Cl2N2O3S. The third-order valence-electron chi connectivity index (χ3n) is 2.35. The smallest absolute Gasteiger partial charge is 0.328 e. The molecule has 2 N–H and O–H groups in total. The number of carboxylic acid groups (broad SMARTS) is 1. The first kappa shape index (κ1) is 15.5. The summed E-state index contributed by atoms with van der Waals surface area (Å²) in [7, 11) is 0. The quantitative estimate of drug-likeness (QED) is 0.828. The number of anilines is 1. The third-order valence-corrected chi connectivity index (χ3v) is 3.83. The standard InChI is InChI=1S/C13H8Cl2N2O3S/c14-9-6-8(12(15)21-9)13(20)17-10-5-7(3-4-16-10)1-2-11(18)19/h1-6H,(H,18,19)(H,16,17,20)/b2-1+. The third kappa shape index (κ3) is 4.29. The van der Waals surface area contributed by atoms with Crippen molar-refractivity contribution in [1.82, 2.24) is 4.98 Å². The molecule has 0 saturated heterocycles. The van der Waals surface area contributed by atoms with Crippen molar-refractivity contribution in [3.63, 3.8) is 0 Å². The molecule has 2 heterocycles. The number of halogens is 2. The lowest BCUT2D eigenvalue weighted by atomic mass is 10.2. The summed E-state index contributed by atoms with van der Waals surface area (Å²) in [5, 5.41) is 11.1. The van der Waals surface area contributed by atoms with Crippen LogP contribution >= 0.6 is 34.5 Å². The molecule has 0 unspecified atom stereocenters. The van der Waals surface area contributed by atoms with E-state index in [1.165, 1.54) is 18.3 Å². The Morgan fingerprint density at radius 3 is 2.71 bits per heavy atom. The van der Waals surface area contributed by atoms with Gasteiger partial charge in [-0.05, 0) is 29.8 Å². The number of pyridine rings is 1. The highest BCUT2D eigenvalue weighted by molar-refractivity contribution is 7.20. The molecule has 0 aromatic carbocycles. The van der Waals surface area contributed by atoms with Crippen LogP contribution in [0.1, 0.15) is 15.9 Å². The molecule has 0 aliphatic heterocycles. The van der Waals surface area contributed by atoms with Crippen LogP contribution in [0.2, 0.25) is 8.67 Å².